The summed E-state index contributed by atoms with van der Waals surface area (Å²) in [6.45, 7) is 0. The van der Waals surface area contributed by atoms with Crippen LogP contribution in [0.5, 0.6) is 0 Å². The maximum absolute atomic E-state index is 12.0. The molecule has 1 unspecified atom stereocenters. The molecule has 0 radical (unpaired) electrons. The lowest BCUT2D eigenvalue weighted by Crippen LogP contribution is -2.00. The maximum atomic E-state index is 12.0. The molecule has 0 aliphatic rings. The molecule has 0 aliphatic carbocycles. The van der Waals surface area contributed by atoms with Crippen LogP contribution >= 0.6 is 22.7 Å². The van der Waals surface area contributed by atoms with E-state index in [1.165, 1.54) is 25.6 Å². The number of rotatable bonds is 5. The first-order valence-corrected chi connectivity index (χ1v) is 10.4. The average Bonchev–Trinajstić information content (AvgIpc) is 3.41. The number of hydrogen-bond acceptors (Lipinski definition) is 6. The zero-order valence-corrected chi connectivity index (χ0v) is 17.0. The number of ether oxygens (including phenoxy) is 2. The SMILES string of the molecule is COC(=O)c1ccsc1-c1ccc2cc(-c3sccc3C(O)OC)ccc2c1. The lowest BCUT2D eigenvalue weighted by molar-refractivity contribution is -0.0762. The molecule has 0 aliphatic heterocycles. The molecule has 0 bridgehead atoms. The molecule has 6 heteroatoms. The molecule has 4 rings (SSSR count). The van der Waals surface area contributed by atoms with Crippen molar-refractivity contribution < 1.29 is 19.4 Å². The molecule has 4 nitrogen and oxygen atoms in total. The second kappa shape index (κ2) is 7.85. The smallest absolute Gasteiger partial charge is 0.339 e. The minimum absolute atomic E-state index is 0.325. The monoisotopic (exact) mass is 410 g/mol. The standard InChI is InChI=1S/C22H18O4S2/c1-25-21(23)17-7-9-27-19(17)15-5-3-14-12-16(6-4-13(14)11-15)20-18(8-10-28-20)22(24)26-2/h3-12,21,23H,1-2H3. The normalized spacial score (nSPS) is 12.2. The number of thiophene rings is 2. The fraction of sp³-hybridized carbons (Fsp3) is 0.136. The van der Waals surface area contributed by atoms with Gasteiger partial charge in [0.25, 0.3) is 0 Å². The van der Waals surface area contributed by atoms with Crippen molar-refractivity contribution >= 4 is 39.4 Å². The summed E-state index contributed by atoms with van der Waals surface area (Å²) in [5, 5.41) is 16.1. The highest BCUT2D eigenvalue weighted by molar-refractivity contribution is 7.14. The number of aliphatic hydroxyl groups is 1. The molecule has 142 valence electrons. The molecule has 28 heavy (non-hydrogen) atoms. The van der Waals surface area contributed by atoms with Crippen LogP contribution in [0.15, 0.2) is 59.3 Å². The molecule has 1 N–H and O–H groups in total. The van der Waals surface area contributed by atoms with E-state index in [-0.39, 0.29) is 5.97 Å². The molecule has 0 spiro atoms. The van der Waals surface area contributed by atoms with Crippen molar-refractivity contribution in [2.24, 2.45) is 0 Å². The van der Waals surface area contributed by atoms with Crippen molar-refractivity contribution in [1.29, 1.82) is 0 Å². The summed E-state index contributed by atoms with van der Waals surface area (Å²) in [5.41, 5.74) is 3.38. The molecular formula is C22H18O4S2. The van der Waals surface area contributed by atoms with E-state index in [1.54, 1.807) is 17.4 Å². The Morgan fingerprint density at radius 3 is 2.14 bits per heavy atom. The van der Waals surface area contributed by atoms with Crippen molar-refractivity contribution in [2.75, 3.05) is 14.2 Å². The summed E-state index contributed by atoms with van der Waals surface area (Å²) < 4.78 is 9.95. The van der Waals surface area contributed by atoms with Gasteiger partial charge in [-0.1, -0.05) is 24.3 Å². The predicted octanol–water partition coefficient (Wildman–Crippen LogP) is 5.72. The second-order valence-corrected chi connectivity index (χ2v) is 8.06. The molecule has 2 aromatic heterocycles. The van der Waals surface area contributed by atoms with E-state index >= 15 is 0 Å². The van der Waals surface area contributed by atoms with E-state index in [9.17, 15) is 9.90 Å². The number of hydrogen-bond donors (Lipinski definition) is 1. The molecule has 0 fully saturated rings. The molecule has 1 atom stereocenters. The predicted molar refractivity (Wildman–Crippen MR) is 114 cm³/mol. The van der Waals surface area contributed by atoms with Gasteiger partial charge in [-0.3, -0.25) is 0 Å². The highest BCUT2D eigenvalue weighted by atomic mass is 32.1. The number of aliphatic hydroxyl groups excluding tert-OH is 1. The Kier molecular flexibility index (Phi) is 5.28. The quantitative estimate of drug-likeness (QED) is 0.338. The number of benzene rings is 2. The third kappa shape index (κ3) is 3.36. The van der Waals surface area contributed by atoms with E-state index in [0.29, 0.717) is 5.56 Å². The first-order chi connectivity index (χ1) is 13.6. The third-order valence-electron chi connectivity index (χ3n) is 4.62. The molecule has 0 saturated carbocycles. The number of methoxy groups -OCH3 is 2. The van der Waals surface area contributed by atoms with Crippen LogP contribution < -0.4 is 0 Å². The molecule has 4 aromatic rings. The Bertz CT molecular complexity index is 1140. The Hall–Kier alpha value is -2.51. The van der Waals surface area contributed by atoms with Gasteiger partial charge in [-0.15, -0.1) is 22.7 Å². The number of carbonyl (C=O) groups is 1. The van der Waals surface area contributed by atoms with E-state index in [4.69, 9.17) is 9.47 Å². The summed E-state index contributed by atoms with van der Waals surface area (Å²) in [5.74, 6) is -0.325. The van der Waals surface area contributed by atoms with Gasteiger partial charge in [-0.2, -0.15) is 0 Å². The van der Waals surface area contributed by atoms with Crippen LogP contribution in [-0.4, -0.2) is 25.3 Å². The van der Waals surface area contributed by atoms with Crippen LogP contribution in [-0.2, 0) is 9.47 Å². The topological polar surface area (TPSA) is 55.8 Å². The number of esters is 1. The van der Waals surface area contributed by atoms with Crippen LogP contribution in [0.25, 0.3) is 31.7 Å². The molecule has 2 aromatic carbocycles. The van der Waals surface area contributed by atoms with Gasteiger partial charge in [0.05, 0.1) is 12.7 Å². The summed E-state index contributed by atoms with van der Waals surface area (Å²) in [6.07, 6.45) is -0.935. The van der Waals surface area contributed by atoms with Crippen molar-refractivity contribution in [2.45, 2.75) is 6.29 Å². The molecule has 0 amide bonds. The lowest BCUT2D eigenvalue weighted by atomic mass is 10.0. The van der Waals surface area contributed by atoms with Crippen LogP contribution in [0.3, 0.4) is 0 Å². The van der Waals surface area contributed by atoms with E-state index in [1.807, 2.05) is 29.0 Å². The fourth-order valence-electron chi connectivity index (χ4n) is 3.21. The third-order valence-corrected chi connectivity index (χ3v) is 6.56. The molecule has 0 saturated heterocycles. The highest BCUT2D eigenvalue weighted by Gasteiger charge is 2.16. The van der Waals surface area contributed by atoms with Crippen LogP contribution in [0, 0.1) is 0 Å². The van der Waals surface area contributed by atoms with Gasteiger partial charge in [-0.25, -0.2) is 4.79 Å². The van der Waals surface area contributed by atoms with E-state index in [0.717, 1.165) is 37.2 Å². The number of fused-ring (bicyclic) bond motifs is 1. The van der Waals surface area contributed by atoms with Gasteiger partial charge < -0.3 is 14.6 Å². The summed E-state index contributed by atoms with van der Waals surface area (Å²) in [7, 11) is 2.88. The Balaban J connectivity index is 1.74. The maximum Gasteiger partial charge on any atom is 0.339 e. The largest absolute Gasteiger partial charge is 0.465 e. The Morgan fingerprint density at radius 1 is 0.893 bits per heavy atom. The van der Waals surface area contributed by atoms with Gasteiger partial charge in [0, 0.05) is 22.4 Å². The zero-order valence-electron chi connectivity index (χ0n) is 15.3. The zero-order chi connectivity index (χ0) is 19.7. The highest BCUT2D eigenvalue weighted by Crippen LogP contribution is 2.37. The van der Waals surface area contributed by atoms with Crippen molar-refractivity contribution in [3.05, 3.63) is 70.4 Å². The van der Waals surface area contributed by atoms with Gasteiger partial charge >= 0.3 is 5.97 Å². The summed E-state index contributed by atoms with van der Waals surface area (Å²) >= 11 is 3.10. The fourth-order valence-corrected chi connectivity index (χ4v) is 5.01. The van der Waals surface area contributed by atoms with Gasteiger partial charge in [0.1, 0.15) is 0 Å². The Labute approximate surface area is 170 Å². The van der Waals surface area contributed by atoms with Crippen molar-refractivity contribution in [3.63, 3.8) is 0 Å². The molecule has 2 heterocycles. The van der Waals surface area contributed by atoms with Crippen LogP contribution in [0.1, 0.15) is 22.2 Å². The first-order valence-electron chi connectivity index (χ1n) is 8.61. The molecular weight excluding hydrogens is 392 g/mol. The Morgan fingerprint density at radius 2 is 1.50 bits per heavy atom. The van der Waals surface area contributed by atoms with Crippen molar-refractivity contribution in [3.8, 4) is 20.9 Å². The van der Waals surface area contributed by atoms with Gasteiger partial charge in [0.15, 0.2) is 6.29 Å². The minimum atomic E-state index is -0.935. The summed E-state index contributed by atoms with van der Waals surface area (Å²) in [6, 6.07) is 16.0. The van der Waals surface area contributed by atoms with E-state index < -0.39 is 6.29 Å². The van der Waals surface area contributed by atoms with E-state index in [2.05, 4.69) is 24.3 Å². The van der Waals surface area contributed by atoms with Crippen LogP contribution in [0.2, 0.25) is 0 Å². The average molecular weight is 411 g/mol. The number of carbonyl (C=O) groups excluding carboxylic acids is 1. The van der Waals surface area contributed by atoms with Gasteiger partial charge in [0.2, 0.25) is 0 Å². The minimum Gasteiger partial charge on any atom is -0.465 e. The second-order valence-electron chi connectivity index (χ2n) is 6.22. The van der Waals surface area contributed by atoms with Crippen LogP contribution in [0.4, 0.5) is 0 Å². The van der Waals surface area contributed by atoms with Crippen molar-refractivity contribution in [1.82, 2.24) is 0 Å². The first kappa shape index (κ1) is 18.8. The lowest BCUT2D eigenvalue weighted by Gasteiger charge is -2.11. The van der Waals surface area contributed by atoms with Gasteiger partial charge in [-0.05, 0) is 56.9 Å². The summed E-state index contributed by atoms with van der Waals surface area (Å²) in [4.78, 5) is 13.9.